The predicted molar refractivity (Wildman–Crippen MR) is 127 cm³/mol. The zero-order valence-corrected chi connectivity index (χ0v) is 19.6. The lowest BCUT2D eigenvalue weighted by atomic mass is 10.1. The summed E-state index contributed by atoms with van der Waals surface area (Å²) in [4.78, 5) is 16.1. The Balaban J connectivity index is 1.57. The molecule has 0 aliphatic carbocycles. The number of esters is 1. The van der Waals surface area contributed by atoms with Crippen LogP contribution in [-0.4, -0.2) is 37.9 Å². The van der Waals surface area contributed by atoms with E-state index in [0.29, 0.717) is 29.4 Å². The number of thiazole rings is 1. The van der Waals surface area contributed by atoms with Gasteiger partial charge in [-0.1, -0.05) is 6.08 Å². The largest absolute Gasteiger partial charge is 0.488 e. The molecule has 7 nitrogen and oxygen atoms in total. The second-order valence-electron chi connectivity index (χ2n) is 7.62. The number of hydrogen-bond donors (Lipinski definition) is 1. The molecule has 0 saturated heterocycles. The third-order valence-electron chi connectivity index (χ3n) is 5.08. The Hall–Kier alpha value is -3.36. The monoisotopic (exact) mass is 466 g/mol. The van der Waals surface area contributed by atoms with Gasteiger partial charge in [0.25, 0.3) is 0 Å². The minimum atomic E-state index is -0.389. The fraction of sp³-hybridized carbons (Fsp3) is 0.280. The highest BCUT2D eigenvalue weighted by atomic mass is 32.1. The third-order valence-corrected chi connectivity index (χ3v) is 5.97. The fourth-order valence-electron chi connectivity index (χ4n) is 3.58. The van der Waals surface area contributed by atoms with Crippen molar-refractivity contribution in [3.63, 3.8) is 0 Å². The number of carbonyl (C=O) groups excluding carboxylic acids is 1. The molecule has 0 radical (unpaired) electrons. The van der Waals surface area contributed by atoms with E-state index in [0.717, 1.165) is 22.7 Å². The molecule has 0 amide bonds. The molecule has 0 fully saturated rings. The van der Waals surface area contributed by atoms with Gasteiger partial charge in [-0.25, -0.2) is 9.78 Å². The van der Waals surface area contributed by atoms with E-state index in [1.807, 2.05) is 36.7 Å². The van der Waals surface area contributed by atoms with Crippen LogP contribution in [0.1, 0.15) is 40.3 Å². The SMILES string of the molecule is COC[C@H](C)Oc1cc(Oc2ccc(C(=O)OC)cc2)cc(C2=CCC(c3nccs3)N2)c1. The molecular weight excluding hydrogens is 440 g/mol. The van der Waals surface area contributed by atoms with Gasteiger partial charge in [-0.2, -0.15) is 0 Å². The number of ether oxygens (including phenoxy) is 4. The van der Waals surface area contributed by atoms with Crippen molar-refractivity contribution in [3.05, 3.63) is 76.3 Å². The fourth-order valence-corrected chi connectivity index (χ4v) is 4.28. The summed E-state index contributed by atoms with van der Waals surface area (Å²) in [5.74, 6) is 1.52. The van der Waals surface area contributed by atoms with Gasteiger partial charge in [-0.05, 0) is 49.7 Å². The van der Waals surface area contributed by atoms with Gasteiger partial charge in [-0.15, -0.1) is 11.3 Å². The lowest BCUT2D eigenvalue weighted by molar-refractivity contribution is 0.0600. The normalized spacial score (nSPS) is 16.0. The summed E-state index contributed by atoms with van der Waals surface area (Å²) in [7, 11) is 3.00. The summed E-state index contributed by atoms with van der Waals surface area (Å²) in [5, 5.41) is 6.60. The van der Waals surface area contributed by atoms with E-state index in [1.54, 1.807) is 42.7 Å². The average molecular weight is 467 g/mol. The number of carbonyl (C=O) groups is 1. The molecule has 1 N–H and O–H groups in total. The van der Waals surface area contributed by atoms with Crippen LogP contribution in [-0.2, 0) is 9.47 Å². The molecule has 1 aliphatic rings. The van der Waals surface area contributed by atoms with Gasteiger partial charge in [0.15, 0.2) is 0 Å². The van der Waals surface area contributed by atoms with Gasteiger partial charge < -0.3 is 24.3 Å². The summed E-state index contributed by atoms with van der Waals surface area (Å²) in [6, 6.07) is 12.8. The van der Waals surface area contributed by atoms with Crippen molar-refractivity contribution in [2.75, 3.05) is 20.8 Å². The Labute approximate surface area is 197 Å². The lowest BCUT2D eigenvalue weighted by Crippen LogP contribution is -2.18. The minimum absolute atomic E-state index is 0.119. The number of nitrogens with zero attached hydrogens (tertiary/aromatic N) is 1. The standard InChI is InChI=1S/C25H26N2O5S/c1-16(15-29-2)31-20-12-18(22-8-9-23(27-22)24-26-10-11-33-24)13-21(14-20)32-19-6-4-17(5-7-19)25(28)30-3/h4-8,10-14,16,23,27H,9,15H2,1-3H3/t16-,23?/m0/s1. The second kappa shape index (κ2) is 10.5. The Kier molecular flexibility index (Phi) is 7.26. The highest BCUT2D eigenvalue weighted by Crippen LogP contribution is 2.35. The molecule has 2 atom stereocenters. The molecule has 1 aromatic heterocycles. The molecule has 2 heterocycles. The Morgan fingerprint density at radius 3 is 2.64 bits per heavy atom. The number of benzene rings is 2. The van der Waals surface area contributed by atoms with Gasteiger partial charge in [-0.3, -0.25) is 0 Å². The summed E-state index contributed by atoms with van der Waals surface area (Å²) in [5.41, 5.74) is 2.42. The van der Waals surface area contributed by atoms with Crippen molar-refractivity contribution < 1.29 is 23.7 Å². The van der Waals surface area contributed by atoms with E-state index < -0.39 is 0 Å². The van der Waals surface area contributed by atoms with E-state index in [2.05, 4.69) is 16.4 Å². The maximum absolute atomic E-state index is 11.7. The van der Waals surface area contributed by atoms with E-state index >= 15 is 0 Å². The molecule has 3 aromatic rings. The summed E-state index contributed by atoms with van der Waals surface area (Å²) in [6.45, 7) is 2.43. The first-order valence-electron chi connectivity index (χ1n) is 10.6. The highest BCUT2D eigenvalue weighted by molar-refractivity contribution is 7.09. The van der Waals surface area contributed by atoms with E-state index in [1.165, 1.54) is 7.11 Å². The molecule has 4 rings (SSSR count). The first kappa shape index (κ1) is 22.8. The average Bonchev–Trinajstić information content (AvgIpc) is 3.51. The maximum atomic E-state index is 11.7. The maximum Gasteiger partial charge on any atom is 0.337 e. The van der Waals surface area contributed by atoms with Crippen molar-refractivity contribution >= 4 is 23.0 Å². The number of methoxy groups -OCH3 is 2. The van der Waals surface area contributed by atoms with E-state index in [-0.39, 0.29) is 18.1 Å². The van der Waals surface area contributed by atoms with E-state index in [9.17, 15) is 4.79 Å². The number of nitrogens with one attached hydrogen (secondary N) is 1. The second-order valence-corrected chi connectivity index (χ2v) is 8.54. The van der Waals surface area contributed by atoms with Gasteiger partial charge in [0, 0.05) is 36.0 Å². The quantitative estimate of drug-likeness (QED) is 0.434. The smallest absolute Gasteiger partial charge is 0.337 e. The highest BCUT2D eigenvalue weighted by Gasteiger charge is 2.22. The molecule has 0 saturated carbocycles. The van der Waals surface area contributed by atoms with Gasteiger partial charge in [0.2, 0.25) is 0 Å². The first-order valence-corrected chi connectivity index (χ1v) is 11.5. The van der Waals surface area contributed by atoms with Crippen molar-refractivity contribution in [1.82, 2.24) is 10.3 Å². The van der Waals surface area contributed by atoms with Gasteiger partial charge >= 0.3 is 5.97 Å². The Morgan fingerprint density at radius 2 is 1.94 bits per heavy atom. The molecule has 172 valence electrons. The molecular formula is C25H26N2O5S. The van der Waals surface area contributed by atoms with Crippen molar-refractivity contribution in [1.29, 1.82) is 0 Å². The van der Waals surface area contributed by atoms with Crippen LogP contribution < -0.4 is 14.8 Å². The van der Waals surface area contributed by atoms with Crippen LogP contribution in [0.5, 0.6) is 17.2 Å². The summed E-state index contributed by atoms with van der Waals surface area (Å²) < 4.78 is 22.1. The molecule has 0 spiro atoms. The molecule has 8 heteroatoms. The molecule has 1 aliphatic heterocycles. The molecule has 33 heavy (non-hydrogen) atoms. The van der Waals surface area contributed by atoms with Crippen LogP contribution in [0.2, 0.25) is 0 Å². The van der Waals surface area contributed by atoms with Crippen LogP contribution in [0.15, 0.2) is 60.1 Å². The molecule has 0 bridgehead atoms. The zero-order chi connectivity index (χ0) is 23.2. The summed E-state index contributed by atoms with van der Waals surface area (Å²) >= 11 is 1.64. The number of hydrogen-bond acceptors (Lipinski definition) is 8. The zero-order valence-electron chi connectivity index (χ0n) is 18.7. The Morgan fingerprint density at radius 1 is 1.15 bits per heavy atom. The minimum Gasteiger partial charge on any atom is -0.488 e. The van der Waals surface area contributed by atoms with Crippen LogP contribution in [0.3, 0.4) is 0 Å². The van der Waals surface area contributed by atoms with Crippen molar-refractivity contribution in [3.8, 4) is 17.2 Å². The van der Waals surface area contributed by atoms with E-state index in [4.69, 9.17) is 18.9 Å². The third kappa shape index (κ3) is 5.71. The number of aromatic nitrogens is 1. The van der Waals surface area contributed by atoms with Gasteiger partial charge in [0.1, 0.15) is 28.4 Å². The lowest BCUT2D eigenvalue weighted by Gasteiger charge is -2.18. The first-order chi connectivity index (χ1) is 16.1. The Bertz CT molecular complexity index is 1110. The topological polar surface area (TPSA) is 78.9 Å². The summed E-state index contributed by atoms with van der Waals surface area (Å²) in [6.07, 6.45) is 4.73. The van der Waals surface area contributed by atoms with Gasteiger partial charge in [0.05, 0.1) is 25.3 Å². The molecule has 2 aromatic carbocycles. The van der Waals surface area contributed by atoms with Crippen LogP contribution >= 0.6 is 11.3 Å². The van der Waals surface area contributed by atoms with Crippen molar-refractivity contribution in [2.45, 2.75) is 25.5 Å². The van der Waals surface area contributed by atoms with Crippen molar-refractivity contribution in [2.24, 2.45) is 0 Å². The number of rotatable bonds is 9. The van der Waals surface area contributed by atoms with Crippen LogP contribution in [0.25, 0.3) is 5.70 Å². The molecule has 1 unspecified atom stereocenters. The predicted octanol–water partition coefficient (Wildman–Crippen LogP) is 5.21. The van der Waals surface area contributed by atoms with Crippen LogP contribution in [0.4, 0.5) is 0 Å². The van der Waals surface area contributed by atoms with Crippen LogP contribution in [0, 0.1) is 0 Å².